The lowest BCUT2D eigenvalue weighted by atomic mass is 10.0. The average Bonchev–Trinajstić information content (AvgIpc) is 2.16. The van der Waals surface area contributed by atoms with Crippen molar-refractivity contribution in [2.24, 2.45) is 5.84 Å². The number of unbranched alkanes of at least 4 members (excludes halogenated alkanes) is 3. The first kappa shape index (κ1) is 12.5. The fraction of sp³-hybridized carbons (Fsp3) is 0.818. The predicted octanol–water partition coefficient (Wildman–Crippen LogP) is 2.20. The molecule has 0 amide bonds. The first-order chi connectivity index (χ1) is 6.35. The Labute approximate surface area is 82.2 Å². The summed E-state index contributed by atoms with van der Waals surface area (Å²) < 4.78 is 0. The predicted molar refractivity (Wildman–Crippen MR) is 57.9 cm³/mol. The van der Waals surface area contributed by atoms with Gasteiger partial charge >= 0.3 is 0 Å². The highest BCUT2D eigenvalue weighted by Crippen LogP contribution is 2.08. The molecular weight excluding hydrogens is 160 g/mol. The van der Waals surface area contributed by atoms with Crippen molar-refractivity contribution in [2.75, 3.05) is 0 Å². The number of rotatable bonds is 8. The number of hydrazine groups is 1. The summed E-state index contributed by atoms with van der Waals surface area (Å²) in [6.45, 7) is 2.21. The molecule has 0 aromatic carbocycles. The molecule has 0 rings (SSSR count). The summed E-state index contributed by atoms with van der Waals surface area (Å²) in [5.41, 5.74) is 2.85. The molecule has 0 spiro atoms. The van der Waals surface area contributed by atoms with E-state index in [1.807, 2.05) is 0 Å². The molecule has 2 nitrogen and oxygen atoms in total. The van der Waals surface area contributed by atoms with Crippen molar-refractivity contribution in [3.05, 3.63) is 0 Å². The normalized spacial score (nSPS) is 12.4. The Hall–Kier alpha value is -0.520. The first-order valence-corrected chi connectivity index (χ1v) is 5.24. The molecule has 0 saturated carbocycles. The molecule has 3 N–H and O–H groups in total. The Balaban J connectivity index is 3.35. The van der Waals surface area contributed by atoms with E-state index in [0.717, 1.165) is 19.3 Å². The van der Waals surface area contributed by atoms with Gasteiger partial charge in [-0.2, -0.15) is 0 Å². The highest BCUT2D eigenvalue weighted by molar-refractivity contribution is 4.83. The van der Waals surface area contributed by atoms with Gasteiger partial charge in [0.05, 0.1) is 0 Å². The van der Waals surface area contributed by atoms with Gasteiger partial charge in [0.25, 0.3) is 0 Å². The van der Waals surface area contributed by atoms with Crippen LogP contribution in [0.3, 0.4) is 0 Å². The van der Waals surface area contributed by atoms with Crippen LogP contribution in [0.25, 0.3) is 0 Å². The summed E-state index contributed by atoms with van der Waals surface area (Å²) in [6.07, 6.45) is 13.2. The molecule has 0 bridgehead atoms. The summed E-state index contributed by atoms with van der Waals surface area (Å²) in [5.74, 6) is 8.08. The minimum Gasteiger partial charge on any atom is -0.271 e. The van der Waals surface area contributed by atoms with Crippen molar-refractivity contribution < 1.29 is 0 Å². The van der Waals surface area contributed by atoms with Crippen LogP contribution in [0.4, 0.5) is 0 Å². The maximum atomic E-state index is 5.44. The monoisotopic (exact) mass is 182 g/mol. The zero-order valence-corrected chi connectivity index (χ0v) is 8.68. The molecule has 0 fully saturated rings. The number of hydrogen-bond donors (Lipinski definition) is 2. The maximum absolute atomic E-state index is 5.44. The highest BCUT2D eigenvalue weighted by atomic mass is 15.2. The molecule has 0 aliphatic carbocycles. The van der Waals surface area contributed by atoms with E-state index in [1.54, 1.807) is 0 Å². The molecule has 13 heavy (non-hydrogen) atoms. The molecule has 76 valence electrons. The van der Waals surface area contributed by atoms with Gasteiger partial charge in [0, 0.05) is 12.5 Å². The molecule has 1 atom stereocenters. The van der Waals surface area contributed by atoms with Gasteiger partial charge in [-0.1, -0.05) is 26.2 Å². The Bertz CT molecular complexity index is 138. The van der Waals surface area contributed by atoms with E-state index in [2.05, 4.69) is 18.3 Å². The Morgan fingerprint density at radius 1 is 1.31 bits per heavy atom. The molecule has 0 radical (unpaired) electrons. The topological polar surface area (TPSA) is 38.0 Å². The first-order valence-electron chi connectivity index (χ1n) is 5.24. The Morgan fingerprint density at radius 3 is 2.54 bits per heavy atom. The van der Waals surface area contributed by atoms with Crippen molar-refractivity contribution in [1.82, 2.24) is 5.43 Å². The molecule has 0 saturated heterocycles. The third-order valence-corrected chi connectivity index (χ3v) is 2.27. The molecular formula is C11H22N2. The van der Waals surface area contributed by atoms with Gasteiger partial charge in [0.1, 0.15) is 0 Å². The van der Waals surface area contributed by atoms with E-state index in [4.69, 9.17) is 12.3 Å². The lowest BCUT2D eigenvalue weighted by molar-refractivity contribution is 0.435. The van der Waals surface area contributed by atoms with Gasteiger partial charge in [-0.25, -0.2) is 0 Å². The second kappa shape index (κ2) is 9.57. The largest absolute Gasteiger partial charge is 0.271 e. The smallest absolute Gasteiger partial charge is 0.0210 e. The van der Waals surface area contributed by atoms with E-state index >= 15 is 0 Å². The number of terminal acetylenes is 1. The van der Waals surface area contributed by atoms with Crippen LogP contribution in [0, 0.1) is 12.3 Å². The van der Waals surface area contributed by atoms with Crippen LogP contribution in [0.1, 0.15) is 51.9 Å². The summed E-state index contributed by atoms with van der Waals surface area (Å²) in [7, 11) is 0. The third-order valence-electron chi connectivity index (χ3n) is 2.27. The second-order valence-corrected chi connectivity index (χ2v) is 3.46. The molecule has 0 heterocycles. The zero-order chi connectivity index (χ0) is 9.94. The number of hydrogen-bond acceptors (Lipinski definition) is 2. The number of nitrogens with two attached hydrogens (primary N) is 1. The lowest BCUT2D eigenvalue weighted by Gasteiger charge is -2.14. The summed E-state index contributed by atoms with van der Waals surface area (Å²) in [4.78, 5) is 0. The quantitative estimate of drug-likeness (QED) is 0.261. The van der Waals surface area contributed by atoms with Crippen LogP contribution in [0.15, 0.2) is 0 Å². The minimum absolute atomic E-state index is 0.458. The maximum Gasteiger partial charge on any atom is 0.0210 e. The van der Waals surface area contributed by atoms with Crippen LogP contribution >= 0.6 is 0 Å². The van der Waals surface area contributed by atoms with Crippen molar-refractivity contribution in [1.29, 1.82) is 0 Å². The van der Waals surface area contributed by atoms with Crippen LogP contribution in [0.2, 0.25) is 0 Å². The van der Waals surface area contributed by atoms with Crippen molar-refractivity contribution >= 4 is 0 Å². The van der Waals surface area contributed by atoms with E-state index in [-0.39, 0.29) is 0 Å². The average molecular weight is 182 g/mol. The summed E-state index contributed by atoms with van der Waals surface area (Å²) in [6, 6.07) is 0.458. The van der Waals surface area contributed by atoms with Crippen LogP contribution in [-0.2, 0) is 0 Å². The van der Waals surface area contributed by atoms with E-state index in [0.29, 0.717) is 6.04 Å². The van der Waals surface area contributed by atoms with Crippen molar-refractivity contribution in [2.45, 2.75) is 57.9 Å². The Morgan fingerprint density at radius 2 is 2.00 bits per heavy atom. The standard InChI is InChI=1S/C11H22N2/c1-3-5-7-9-11(13-12)10-8-6-4-2/h1,11,13H,4-10,12H2,2H3. The van der Waals surface area contributed by atoms with E-state index < -0.39 is 0 Å². The fourth-order valence-corrected chi connectivity index (χ4v) is 1.40. The summed E-state index contributed by atoms with van der Waals surface area (Å²) in [5, 5.41) is 0. The molecule has 0 aromatic heterocycles. The van der Waals surface area contributed by atoms with Crippen molar-refractivity contribution in [3.8, 4) is 12.3 Å². The second-order valence-electron chi connectivity index (χ2n) is 3.46. The lowest BCUT2D eigenvalue weighted by Crippen LogP contribution is -2.34. The molecule has 0 aliphatic heterocycles. The zero-order valence-electron chi connectivity index (χ0n) is 8.68. The van der Waals surface area contributed by atoms with Gasteiger partial charge in [-0.3, -0.25) is 11.3 Å². The van der Waals surface area contributed by atoms with E-state index in [9.17, 15) is 0 Å². The minimum atomic E-state index is 0.458. The summed E-state index contributed by atoms with van der Waals surface area (Å²) >= 11 is 0. The van der Waals surface area contributed by atoms with Crippen LogP contribution in [-0.4, -0.2) is 6.04 Å². The SMILES string of the molecule is C#CCCCC(CCCCC)NN. The van der Waals surface area contributed by atoms with E-state index in [1.165, 1.54) is 25.7 Å². The van der Waals surface area contributed by atoms with Gasteiger partial charge in [-0.15, -0.1) is 12.3 Å². The van der Waals surface area contributed by atoms with Gasteiger partial charge < -0.3 is 0 Å². The molecule has 0 aromatic rings. The Kier molecular flexibility index (Phi) is 9.18. The highest BCUT2D eigenvalue weighted by Gasteiger charge is 2.04. The van der Waals surface area contributed by atoms with Crippen LogP contribution in [0.5, 0.6) is 0 Å². The van der Waals surface area contributed by atoms with Gasteiger partial charge in [-0.05, 0) is 19.3 Å². The van der Waals surface area contributed by atoms with Gasteiger partial charge in [0.2, 0.25) is 0 Å². The molecule has 1 unspecified atom stereocenters. The third kappa shape index (κ3) is 7.83. The fourth-order valence-electron chi connectivity index (χ4n) is 1.40. The van der Waals surface area contributed by atoms with Gasteiger partial charge in [0.15, 0.2) is 0 Å². The number of nitrogens with one attached hydrogen (secondary N) is 1. The molecule has 0 aliphatic rings. The van der Waals surface area contributed by atoms with Crippen LogP contribution < -0.4 is 11.3 Å². The molecule has 2 heteroatoms. The van der Waals surface area contributed by atoms with Crippen molar-refractivity contribution in [3.63, 3.8) is 0 Å².